The topological polar surface area (TPSA) is 117 Å². The number of carbonyl (C=O) groups excluding carboxylic acids is 1. The number of nitrogens with one attached hydrogen (secondary N) is 2. The Morgan fingerprint density at radius 1 is 1.00 bits per heavy atom. The van der Waals surface area contributed by atoms with Gasteiger partial charge in [0, 0.05) is 11.3 Å². The van der Waals surface area contributed by atoms with Crippen molar-refractivity contribution in [3.63, 3.8) is 0 Å². The highest BCUT2D eigenvalue weighted by atomic mass is 32.2. The fraction of sp³-hybridized carbons (Fsp3) is 0.0909. The van der Waals surface area contributed by atoms with E-state index in [1.54, 1.807) is 48.5 Å². The van der Waals surface area contributed by atoms with Crippen LogP contribution in [-0.4, -0.2) is 34.4 Å². The monoisotopic (exact) mass is 433 g/mol. The van der Waals surface area contributed by atoms with Crippen LogP contribution in [0.25, 0.3) is 11.0 Å². The van der Waals surface area contributed by atoms with Gasteiger partial charge in [0.05, 0.1) is 10.3 Å². The molecule has 0 spiro atoms. The molecule has 2 aromatic heterocycles. The molecule has 0 atom stereocenters. The molecule has 0 bridgehead atoms. The lowest BCUT2D eigenvalue weighted by molar-refractivity contribution is 0.106. The zero-order valence-electron chi connectivity index (χ0n) is 16.8. The van der Waals surface area contributed by atoms with Crippen molar-refractivity contribution in [3.8, 4) is 0 Å². The van der Waals surface area contributed by atoms with E-state index in [0.29, 0.717) is 16.9 Å². The second-order valence-electron chi connectivity index (χ2n) is 6.92. The number of H-pyrrole nitrogens is 1. The Bertz CT molecular complexity index is 1400. The Morgan fingerprint density at radius 3 is 2.32 bits per heavy atom. The summed E-state index contributed by atoms with van der Waals surface area (Å²) in [6.07, 6.45) is 0. The van der Waals surface area contributed by atoms with Gasteiger partial charge in [0.25, 0.3) is 0 Å². The van der Waals surface area contributed by atoms with Crippen LogP contribution < -0.4 is 5.43 Å². The summed E-state index contributed by atoms with van der Waals surface area (Å²) in [6, 6.07) is 17.7. The highest BCUT2D eigenvalue weighted by Gasteiger charge is 2.30. The summed E-state index contributed by atoms with van der Waals surface area (Å²) in [5.74, 6) is -0.368. The number of pyridine rings is 1. The zero-order valence-corrected chi connectivity index (χ0v) is 17.6. The van der Waals surface area contributed by atoms with E-state index < -0.39 is 20.7 Å². The van der Waals surface area contributed by atoms with Crippen LogP contribution in [0.4, 0.5) is 5.82 Å². The third-order valence-electron chi connectivity index (χ3n) is 4.66. The van der Waals surface area contributed by atoms with E-state index >= 15 is 0 Å². The Hall–Kier alpha value is -3.85. The third-order valence-corrected chi connectivity index (χ3v) is 6.34. The van der Waals surface area contributed by atoms with Gasteiger partial charge in [-0.2, -0.15) is 10.2 Å². The van der Waals surface area contributed by atoms with Crippen molar-refractivity contribution in [1.29, 1.82) is 0 Å². The average molecular weight is 433 g/mol. The van der Waals surface area contributed by atoms with Gasteiger partial charge in [0.1, 0.15) is 0 Å². The third kappa shape index (κ3) is 3.95. The molecule has 31 heavy (non-hydrogen) atoms. The van der Waals surface area contributed by atoms with E-state index in [1.807, 2.05) is 19.9 Å². The van der Waals surface area contributed by atoms with Gasteiger partial charge in [-0.05, 0) is 37.6 Å². The molecular formula is C22H19N5O3S. The van der Waals surface area contributed by atoms with Gasteiger partial charge in [0.2, 0.25) is 20.7 Å². The number of aryl methyl sites for hydroxylation is 2. The number of nitrogens with zero attached hydrogens (tertiary/aromatic N) is 3. The standard InChI is InChI=1S/C22H19N5O3S/c1-14-13-15(2)23-20-18(14)21(25-24-20)26-27-22(19(28)16-9-5-3-6-10-16)31(29,30)17-11-7-4-8-12-17/h3-13H,1-2H3,(H2,23,24,25,26)/b27-22-. The Balaban J connectivity index is 1.82. The van der Waals surface area contributed by atoms with Crippen LogP contribution in [0.2, 0.25) is 0 Å². The van der Waals surface area contributed by atoms with Crippen molar-refractivity contribution < 1.29 is 13.2 Å². The molecule has 0 saturated heterocycles. The number of Topliss-reactive ketones (excluding diaryl/α,β-unsaturated/α-hetero) is 1. The van der Waals surface area contributed by atoms with Gasteiger partial charge in [-0.1, -0.05) is 48.5 Å². The fourth-order valence-corrected chi connectivity index (χ4v) is 4.48. The van der Waals surface area contributed by atoms with E-state index in [0.717, 1.165) is 11.3 Å². The number of benzene rings is 2. The molecule has 0 radical (unpaired) electrons. The molecule has 156 valence electrons. The van der Waals surface area contributed by atoms with Crippen molar-refractivity contribution in [2.75, 3.05) is 5.43 Å². The molecule has 9 heteroatoms. The Morgan fingerprint density at radius 2 is 1.65 bits per heavy atom. The summed E-state index contributed by atoms with van der Waals surface area (Å²) in [4.78, 5) is 17.4. The first-order valence-corrected chi connectivity index (χ1v) is 10.9. The molecule has 4 aromatic rings. The lowest BCUT2D eigenvalue weighted by atomic mass is 10.1. The second kappa shape index (κ2) is 8.11. The number of rotatable bonds is 5. The number of aromatic nitrogens is 3. The van der Waals surface area contributed by atoms with Crippen LogP contribution in [0.5, 0.6) is 0 Å². The van der Waals surface area contributed by atoms with Crippen LogP contribution in [0.15, 0.2) is 76.7 Å². The number of ketones is 1. The van der Waals surface area contributed by atoms with Crippen LogP contribution in [-0.2, 0) is 9.84 Å². The Kier molecular flexibility index (Phi) is 5.35. The number of aromatic amines is 1. The van der Waals surface area contributed by atoms with Crippen molar-refractivity contribution in [1.82, 2.24) is 15.2 Å². The smallest absolute Gasteiger partial charge is 0.229 e. The highest BCUT2D eigenvalue weighted by Crippen LogP contribution is 2.24. The zero-order chi connectivity index (χ0) is 22.0. The van der Waals surface area contributed by atoms with Gasteiger partial charge >= 0.3 is 0 Å². The van der Waals surface area contributed by atoms with Gasteiger partial charge in [-0.15, -0.1) is 0 Å². The van der Waals surface area contributed by atoms with Crippen LogP contribution >= 0.6 is 0 Å². The molecule has 0 saturated carbocycles. The normalized spacial score (nSPS) is 12.1. The van der Waals surface area contributed by atoms with E-state index in [9.17, 15) is 13.2 Å². The molecule has 4 rings (SSSR count). The molecule has 0 aliphatic carbocycles. The lowest BCUT2D eigenvalue weighted by Crippen LogP contribution is -2.26. The lowest BCUT2D eigenvalue weighted by Gasteiger charge is -2.09. The van der Waals surface area contributed by atoms with Gasteiger partial charge in [-0.25, -0.2) is 13.4 Å². The number of hydrazone groups is 1. The van der Waals surface area contributed by atoms with E-state index in [-0.39, 0.29) is 10.5 Å². The minimum absolute atomic E-state index is 0.0252. The summed E-state index contributed by atoms with van der Waals surface area (Å²) in [7, 11) is -4.18. The fourth-order valence-electron chi connectivity index (χ4n) is 3.22. The number of sulfone groups is 1. The molecule has 2 N–H and O–H groups in total. The molecule has 0 fully saturated rings. The molecular weight excluding hydrogens is 414 g/mol. The van der Waals surface area contributed by atoms with Gasteiger partial charge < -0.3 is 0 Å². The predicted molar refractivity (Wildman–Crippen MR) is 119 cm³/mol. The largest absolute Gasteiger partial charge is 0.286 e. The minimum Gasteiger partial charge on any atom is -0.286 e. The maximum Gasteiger partial charge on any atom is 0.229 e. The number of hydrogen-bond donors (Lipinski definition) is 2. The van der Waals surface area contributed by atoms with E-state index in [4.69, 9.17) is 0 Å². The first-order chi connectivity index (χ1) is 14.9. The van der Waals surface area contributed by atoms with Gasteiger partial charge in [-0.3, -0.25) is 15.3 Å². The number of fused-ring (bicyclic) bond motifs is 1. The van der Waals surface area contributed by atoms with Crippen LogP contribution in [0.3, 0.4) is 0 Å². The summed E-state index contributed by atoms with van der Waals surface area (Å²) < 4.78 is 26.5. The number of carbonyl (C=O) groups is 1. The summed E-state index contributed by atoms with van der Waals surface area (Å²) in [5.41, 5.74) is 5.06. The summed E-state index contributed by atoms with van der Waals surface area (Å²) >= 11 is 0. The quantitative estimate of drug-likeness (QED) is 0.215. The van der Waals surface area contributed by atoms with Crippen LogP contribution in [0, 0.1) is 13.8 Å². The highest BCUT2D eigenvalue weighted by molar-refractivity contribution is 8.08. The van der Waals surface area contributed by atoms with Crippen molar-refractivity contribution in [2.45, 2.75) is 18.7 Å². The van der Waals surface area contributed by atoms with E-state index in [1.165, 1.54) is 12.1 Å². The first-order valence-electron chi connectivity index (χ1n) is 9.44. The maximum absolute atomic E-state index is 13.3. The number of hydrogen-bond acceptors (Lipinski definition) is 7. The molecule has 0 unspecified atom stereocenters. The Labute approximate surface area is 179 Å². The molecule has 8 nitrogen and oxygen atoms in total. The van der Waals surface area contributed by atoms with E-state index in [2.05, 4.69) is 25.7 Å². The number of anilines is 1. The molecule has 0 amide bonds. The molecule has 0 aliphatic rings. The maximum atomic E-state index is 13.3. The molecule has 2 aromatic carbocycles. The predicted octanol–water partition coefficient (Wildman–Crippen LogP) is 3.66. The minimum atomic E-state index is -4.18. The van der Waals surface area contributed by atoms with Crippen molar-refractivity contribution >= 4 is 37.5 Å². The molecule has 2 heterocycles. The van der Waals surface area contributed by atoms with Crippen molar-refractivity contribution in [2.24, 2.45) is 5.10 Å². The second-order valence-corrected chi connectivity index (χ2v) is 8.78. The molecule has 0 aliphatic heterocycles. The summed E-state index contributed by atoms with van der Waals surface area (Å²) in [6.45, 7) is 3.74. The SMILES string of the molecule is Cc1cc(C)c2c(N/N=C(/C(=O)c3ccccc3)S(=O)(=O)c3ccccc3)[nH]nc2n1. The van der Waals surface area contributed by atoms with Gasteiger partial charge in [0.15, 0.2) is 11.5 Å². The van der Waals surface area contributed by atoms with Crippen LogP contribution in [0.1, 0.15) is 21.6 Å². The van der Waals surface area contributed by atoms with Crippen molar-refractivity contribution in [3.05, 3.63) is 83.6 Å². The summed E-state index contributed by atoms with van der Waals surface area (Å²) in [5, 5.41) is 11.0. The first kappa shape index (κ1) is 20.4. The average Bonchev–Trinajstić information content (AvgIpc) is 3.18.